The molecule has 1 unspecified atom stereocenters. The van der Waals surface area contributed by atoms with E-state index in [4.69, 9.17) is 9.84 Å². The summed E-state index contributed by atoms with van der Waals surface area (Å²) in [6, 6.07) is 10.2. The van der Waals surface area contributed by atoms with Crippen LogP contribution in [-0.2, 0) is 6.54 Å². The van der Waals surface area contributed by atoms with Crippen molar-refractivity contribution in [1.82, 2.24) is 4.90 Å². The molecule has 0 amide bonds. The van der Waals surface area contributed by atoms with Crippen molar-refractivity contribution in [2.45, 2.75) is 19.5 Å². The smallest absolute Gasteiger partial charge is 0.150 e. The molecule has 6 heteroatoms. The summed E-state index contributed by atoms with van der Waals surface area (Å²) >= 11 is 0. The number of nitrogens with zero attached hydrogens (tertiary/aromatic N) is 1. The predicted molar refractivity (Wildman–Crippen MR) is 100 cm³/mol. The molecule has 0 bridgehead atoms. The van der Waals surface area contributed by atoms with Gasteiger partial charge in [-0.2, -0.15) is 0 Å². The Morgan fingerprint density at radius 1 is 1.31 bits per heavy atom. The number of aldehydes is 1. The van der Waals surface area contributed by atoms with Gasteiger partial charge in [0.2, 0.25) is 0 Å². The summed E-state index contributed by atoms with van der Waals surface area (Å²) < 4.78 is 19.6. The standard InChI is InChI=1S/C20H25FN2O3/c1-14(18-7-4-15(13-25)10-20(18)22-2)23(3)12-16-5-6-17(11-19(16)21)26-9-8-24/h4-7,10-11,13-14,22,24H,8-9,12H2,1-3H3. The van der Waals surface area contributed by atoms with Gasteiger partial charge < -0.3 is 15.2 Å². The third-order valence-electron chi connectivity index (χ3n) is 4.40. The topological polar surface area (TPSA) is 61.8 Å². The molecule has 0 aliphatic heterocycles. The Hall–Kier alpha value is -2.44. The number of aliphatic hydroxyl groups is 1. The van der Waals surface area contributed by atoms with E-state index in [9.17, 15) is 9.18 Å². The van der Waals surface area contributed by atoms with E-state index in [-0.39, 0.29) is 25.1 Å². The lowest BCUT2D eigenvalue weighted by Crippen LogP contribution is -2.23. The highest BCUT2D eigenvalue weighted by Crippen LogP contribution is 2.29. The van der Waals surface area contributed by atoms with Gasteiger partial charge >= 0.3 is 0 Å². The number of rotatable bonds is 9. The highest BCUT2D eigenvalue weighted by molar-refractivity contribution is 5.78. The summed E-state index contributed by atoms with van der Waals surface area (Å²) in [5.41, 5.74) is 3.08. The van der Waals surface area contributed by atoms with Gasteiger partial charge in [-0.05, 0) is 31.7 Å². The lowest BCUT2D eigenvalue weighted by atomic mass is 10.0. The normalized spacial score (nSPS) is 12.1. The summed E-state index contributed by atoms with van der Waals surface area (Å²) in [7, 11) is 3.73. The summed E-state index contributed by atoms with van der Waals surface area (Å²) in [6.07, 6.45) is 0.814. The van der Waals surface area contributed by atoms with E-state index in [0.717, 1.165) is 17.5 Å². The quantitative estimate of drug-likeness (QED) is 0.672. The van der Waals surface area contributed by atoms with Crippen LogP contribution in [0, 0.1) is 5.82 Å². The van der Waals surface area contributed by atoms with Gasteiger partial charge in [-0.25, -0.2) is 4.39 Å². The number of hydrogen-bond donors (Lipinski definition) is 2. The molecule has 2 aromatic carbocycles. The second-order valence-electron chi connectivity index (χ2n) is 6.13. The van der Waals surface area contributed by atoms with Gasteiger partial charge in [0.05, 0.1) is 6.61 Å². The Morgan fingerprint density at radius 3 is 2.69 bits per heavy atom. The molecule has 0 spiro atoms. The van der Waals surface area contributed by atoms with Crippen LogP contribution in [0.1, 0.15) is 34.5 Å². The summed E-state index contributed by atoms with van der Waals surface area (Å²) in [5.74, 6) is 0.0579. The van der Waals surface area contributed by atoms with E-state index in [1.807, 2.05) is 32.0 Å². The lowest BCUT2D eigenvalue weighted by Gasteiger charge is -2.27. The van der Waals surface area contributed by atoms with Crippen LogP contribution in [-0.4, -0.2) is 43.6 Å². The van der Waals surface area contributed by atoms with Crippen LogP contribution in [0.3, 0.4) is 0 Å². The first-order valence-corrected chi connectivity index (χ1v) is 8.49. The minimum absolute atomic E-state index is 0.0165. The van der Waals surface area contributed by atoms with Crippen LogP contribution in [0.25, 0.3) is 0 Å². The highest BCUT2D eigenvalue weighted by atomic mass is 19.1. The molecule has 2 rings (SSSR count). The number of nitrogens with one attached hydrogen (secondary N) is 1. The molecule has 0 saturated carbocycles. The van der Waals surface area contributed by atoms with Crippen LogP contribution < -0.4 is 10.1 Å². The van der Waals surface area contributed by atoms with Crippen LogP contribution in [0.5, 0.6) is 5.75 Å². The number of halogens is 1. The minimum Gasteiger partial charge on any atom is -0.491 e. The van der Waals surface area contributed by atoms with Crippen molar-refractivity contribution < 1.29 is 19.0 Å². The first kappa shape index (κ1) is 19.9. The summed E-state index contributed by atoms with van der Waals surface area (Å²) in [5, 5.41) is 11.9. The molecular weight excluding hydrogens is 335 g/mol. The van der Waals surface area contributed by atoms with Crippen LogP contribution in [0.15, 0.2) is 36.4 Å². The zero-order valence-corrected chi connectivity index (χ0v) is 15.3. The van der Waals surface area contributed by atoms with Gasteiger partial charge in [0, 0.05) is 42.5 Å². The largest absolute Gasteiger partial charge is 0.491 e. The molecule has 0 aliphatic rings. The minimum atomic E-state index is -0.343. The van der Waals surface area contributed by atoms with Crippen molar-refractivity contribution in [3.05, 3.63) is 58.9 Å². The van der Waals surface area contributed by atoms with Crippen molar-refractivity contribution in [2.24, 2.45) is 0 Å². The van der Waals surface area contributed by atoms with Gasteiger partial charge in [0.15, 0.2) is 0 Å². The molecule has 1 atom stereocenters. The fourth-order valence-corrected chi connectivity index (χ4v) is 2.78. The fraction of sp³-hybridized carbons (Fsp3) is 0.350. The number of ether oxygens (including phenoxy) is 1. The van der Waals surface area contributed by atoms with Crippen molar-refractivity contribution in [2.75, 3.05) is 32.6 Å². The Bertz CT molecular complexity index is 752. The van der Waals surface area contributed by atoms with E-state index in [1.54, 1.807) is 24.3 Å². The second-order valence-corrected chi connectivity index (χ2v) is 6.13. The van der Waals surface area contributed by atoms with Crippen LogP contribution in [0.2, 0.25) is 0 Å². The molecule has 0 aromatic heterocycles. The zero-order chi connectivity index (χ0) is 19.1. The second kappa shape index (κ2) is 9.31. The van der Waals surface area contributed by atoms with Gasteiger partial charge in [0.25, 0.3) is 0 Å². The maximum atomic E-state index is 14.3. The Labute approximate surface area is 153 Å². The average Bonchev–Trinajstić information content (AvgIpc) is 2.66. The molecule has 2 aromatic rings. The van der Waals surface area contributed by atoms with E-state index in [2.05, 4.69) is 5.32 Å². The SMILES string of the molecule is CNc1cc(C=O)ccc1C(C)N(C)Cc1ccc(OCCO)cc1F. The molecule has 0 saturated heterocycles. The number of benzene rings is 2. The molecule has 2 N–H and O–H groups in total. The predicted octanol–water partition coefficient (Wildman–Crippen LogP) is 3.24. The van der Waals surface area contributed by atoms with E-state index >= 15 is 0 Å². The summed E-state index contributed by atoms with van der Waals surface area (Å²) in [6.45, 7) is 2.48. The molecule has 0 fully saturated rings. The van der Waals surface area contributed by atoms with E-state index < -0.39 is 0 Å². The molecule has 0 heterocycles. The lowest BCUT2D eigenvalue weighted by molar-refractivity contribution is 0.112. The number of anilines is 1. The van der Waals surface area contributed by atoms with E-state index in [0.29, 0.717) is 23.4 Å². The fourth-order valence-electron chi connectivity index (χ4n) is 2.78. The summed E-state index contributed by atoms with van der Waals surface area (Å²) in [4.78, 5) is 13.0. The van der Waals surface area contributed by atoms with Gasteiger partial charge in [-0.15, -0.1) is 0 Å². The van der Waals surface area contributed by atoms with Gasteiger partial charge in [-0.1, -0.05) is 18.2 Å². The number of hydrogen-bond acceptors (Lipinski definition) is 5. The van der Waals surface area contributed by atoms with Crippen molar-refractivity contribution in [3.8, 4) is 5.75 Å². The molecular formula is C20H25FN2O3. The molecule has 0 radical (unpaired) electrons. The third kappa shape index (κ3) is 4.80. The van der Waals surface area contributed by atoms with E-state index in [1.165, 1.54) is 6.07 Å². The van der Waals surface area contributed by atoms with Gasteiger partial charge in [-0.3, -0.25) is 9.69 Å². The van der Waals surface area contributed by atoms with Crippen molar-refractivity contribution in [1.29, 1.82) is 0 Å². The molecule has 0 aliphatic carbocycles. The number of carbonyl (C=O) groups excluding carboxylic acids is 1. The highest BCUT2D eigenvalue weighted by Gasteiger charge is 2.17. The van der Waals surface area contributed by atoms with Crippen molar-refractivity contribution in [3.63, 3.8) is 0 Å². The van der Waals surface area contributed by atoms with Gasteiger partial charge in [0.1, 0.15) is 24.5 Å². The monoisotopic (exact) mass is 360 g/mol. The van der Waals surface area contributed by atoms with Crippen LogP contribution >= 0.6 is 0 Å². The Balaban J connectivity index is 2.14. The zero-order valence-electron chi connectivity index (χ0n) is 15.3. The van der Waals surface area contributed by atoms with Crippen LogP contribution in [0.4, 0.5) is 10.1 Å². The molecule has 5 nitrogen and oxygen atoms in total. The van der Waals surface area contributed by atoms with Crippen molar-refractivity contribution >= 4 is 12.0 Å². The average molecular weight is 360 g/mol. The molecule has 140 valence electrons. The number of aliphatic hydroxyl groups excluding tert-OH is 1. The maximum absolute atomic E-state index is 14.3. The molecule has 26 heavy (non-hydrogen) atoms. The number of carbonyl (C=O) groups is 1. The Morgan fingerprint density at radius 2 is 2.08 bits per heavy atom. The Kier molecular flexibility index (Phi) is 7.12. The maximum Gasteiger partial charge on any atom is 0.150 e. The first-order valence-electron chi connectivity index (χ1n) is 8.49. The first-order chi connectivity index (χ1) is 12.5. The third-order valence-corrected chi connectivity index (χ3v) is 4.40.